The van der Waals surface area contributed by atoms with E-state index in [9.17, 15) is 0 Å². The predicted octanol–water partition coefficient (Wildman–Crippen LogP) is 5.09. The van der Waals surface area contributed by atoms with Crippen molar-refractivity contribution in [3.8, 4) is 11.3 Å². The minimum atomic E-state index is -0.353. The largest absolute Gasteiger partial charge is 0.319 e. The van der Waals surface area contributed by atoms with Crippen LogP contribution in [-0.2, 0) is 5.54 Å². The average molecular weight is 315 g/mol. The van der Waals surface area contributed by atoms with Gasteiger partial charge in [0.1, 0.15) is 5.01 Å². The Morgan fingerprint density at radius 3 is 2.58 bits per heavy atom. The van der Waals surface area contributed by atoms with Crippen molar-refractivity contribution in [2.75, 3.05) is 0 Å². The summed E-state index contributed by atoms with van der Waals surface area (Å²) in [7, 11) is 0. The summed E-state index contributed by atoms with van der Waals surface area (Å²) in [4.78, 5) is 4.65. The Morgan fingerprint density at radius 2 is 1.95 bits per heavy atom. The fourth-order valence-corrected chi connectivity index (χ4v) is 3.35. The third-order valence-corrected chi connectivity index (χ3v) is 5.30. The molecule has 1 aromatic carbocycles. The molecule has 0 fully saturated rings. The molecule has 5 heteroatoms. The van der Waals surface area contributed by atoms with Crippen molar-refractivity contribution >= 4 is 34.5 Å². The van der Waals surface area contributed by atoms with Crippen LogP contribution in [0.1, 0.15) is 31.7 Å². The molecule has 102 valence electrons. The van der Waals surface area contributed by atoms with Gasteiger partial charge in [0.15, 0.2) is 0 Å². The number of hydrogen-bond donors (Lipinski definition) is 1. The third-order valence-electron chi connectivity index (χ3n) is 3.42. The van der Waals surface area contributed by atoms with Crippen LogP contribution in [0.15, 0.2) is 23.6 Å². The summed E-state index contributed by atoms with van der Waals surface area (Å²) >= 11 is 13.8. The Morgan fingerprint density at radius 1 is 1.26 bits per heavy atom. The molecule has 0 atom stereocenters. The maximum absolute atomic E-state index is 6.37. The number of halogens is 2. The predicted molar refractivity (Wildman–Crippen MR) is 84.0 cm³/mol. The van der Waals surface area contributed by atoms with Gasteiger partial charge in [-0.1, -0.05) is 49.2 Å². The van der Waals surface area contributed by atoms with Crippen LogP contribution in [0.4, 0.5) is 0 Å². The van der Waals surface area contributed by atoms with Gasteiger partial charge in [-0.25, -0.2) is 4.98 Å². The number of aromatic nitrogens is 1. The molecule has 0 aliphatic carbocycles. The van der Waals surface area contributed by atoms with Crippen LogP contribution in [0.25, 0.3) is 11.3 Å². The van der Waals surface area contributed by atoms with Gasteiger partial charge in [-0.05, 0) is 18.9 Å². The molecule has 0 aliphatic rings. The molecule has 1 aromatic heterocycles. The Bertz CT molecular complexity index is 577. The first-order chi connectivity index (χ1) is 9.01. The van der Waals surface area contributed by atoms with Crippen LogP contribution >= 0.6 is 34.5 Å². The van der Waals surface area contributed by atoms with Crippen molar-refractivity contribution < 1.29 is 0 Å². The van der Waals surface area contributed by atoms with Crippen LogP contribution < -0.4 is 5.73 Å². The van der Waals surface area contributed by atoms with E-state index in [1.165, 1.54) is 0 Å². The molecule has 0 saturated heterocycles. The van der Waals surface area contributed by atoms with Crippen LogP contribution in [-0.4, -0.2) is 4.98 Å². The summed E-state index contributed by atoms with van der Waals surface area (Å²) in [6.07, 6.45) is 1.72. The fourth-order valence-electron chi connectivity index (χ4n) is 1.88. The molecule has 19 heavy (non-hydrogen) atoms. The Hall–Kier alpha value is -0.610. The van der Waals surface area contributed by atoms with Crippen molar-refractivity contribution in [1.29, 1.82) is 0 Å². The van der Waals surface area contributed by atoms with Crippen LogP contribution in [0, 0.1) is 0 Å². The quantitative estimate of drug-likeness (QED) is 0.853. The summed E-state index contributed by atoms with van der Waals surface area (Å²) in [5.74, 6) is 0. The van der Waals surface area contributed by atoms with Crippen molar-refractivity contribution in [2.45, 2.75) is 32.2 Å². The van der Waals surface area contributed by atoms with E-state index in [4.69, 9.17) is 28.9 Å². The number of benzene rings is 1. The highest BCUT2D eigenvalue weighted by molar-refractivity contribution is 7.10. The minimum absolute atomic E-state index is 0.353. The zero-order chi connectivity index (χ0) is 14.0. The first-order valence-electron chi connectivity index (χ1n) is 6.21. The zero-order valence-electron chi connectivity index (χ0n) is 10.9. The first-order valence-corrected chi connectivity index (χ1v) is 7.84. The maximum atomic E-state index is 6.37. The number of thiazole rings is 1. The van der Waals surface area contributed by atoms with E-state index in [0.717, 1.165) is 29.1 Å². The lowest BCUT2D eigenvalue weighted by molar-refractivity contribution is 0.411. The van der Waals surface area contributed by atoms with Crippen molar-refractivity contribution in [2.24, 2.45) is 5.73 Å². The Balaban J connectivity index is 2.44. The molecule has 2 nitrogen and oxygen atoms in total. The molecule has 1 heterocycles. The van der Waals surface area contributed by atoms with E-state index in [2.05, 4.69) is 18.8 Å². The van der Waals surface area contributed by atoms with Gasteiger partial charge in [0.05, 0.1) is 21.3 Å². The van der Waals surface area contributed by atoms with Gasteiger partial charge in [0.2, 0.25) is 0 Å². The molecule has 0 amide bonds. The van der Waals surface area contributed by atoms with Gasteiger partial charge in [-0.3, -0.25) is 0 Å². The molecule has 2 aromatic rings. The van der Waals surface area contributed by atoms with Gasteiger partial charge < -0.3 is 5.73 Å². The molecular weight excluding hydrogens is 299 g/mol. The molecule has 0 radical (unpaired) electrons. The monoisotopic (exact) mass is 314 g/mol. The van der Waals surface area contributed by atoms with Gasteiger partial charge in [-0.15, -0.1) is 11.3 Å². The topological polar surface area (TPSA) is 38.9 Å². The van der Waals surface area contributed by atoms with Crippen LogP contribution in [0.5, 0.6) is 0 Å². The third kappa shape index (κ3) is 2.79. The number of hydrogen-bond acceptors (Lipinski definition) is 3. The fraction of sp³-hybridized carbons (Fsp3) is 0.357. The lowest BCUT2D eigenvalue weighted by Gasteiger charge is -2.23. The highest BCUT2D eigenvalue weighted by Crippen LogP contribution is 2.36. The highest BCUT2D eigenvalue weighted by atomic mass is 35.5. The van der Waals surface area contributed by atoms with Crippen molar-refractivity contribution in [3.63, 3.8) is 0 Å². The Labute approximate surface area is 127 Å². The first kappa shape index (κ1) is 14.8. The zero-order valence-corrected chi connectivity index (χ0v) is 13.2. The maximum Gasteiger partial charge on any atom is 0.113 e. The molecular formula is C14H16Cl2N2S. The molecule has 0 saturated carbocycles. The molecule has 0 aliphatic heterocycles. The normalized spacial score (nSPS) is 11.8. The minimum Gasteiger partial charge on any atom is -0.319 e. The molecule has 2 rings (SSSR count). The van der Waals surface area contributed by atoms with Crippen LogP contribution in [0.3, 0.4) is 0 Å². The van der Waals surface area contributed by atoms with E-state index < -0.39 is 0 Å². The standard InChI is InChI=1S/C14H16Cl2N2S/c1-3-14(17,4-2)13-18-11(8-19-13)9-6-5-7-10(15)12(9)16/h5-8H,3-4,17H2,1-2H3. The lowest BCUT2D eigenvalue weighted by Crippen LogP contribution is -2.34. The molecule has 0 bridgehead atoms. The van der Waals surface area contributed by atoms with E-state index in [-0.39, 0.29) is 5.54 Å². The van der Waals surface area contributed by atoms with Crippen molar-refractivity contribution in [1.82, 2.24) is 4.98 Å². The van der Waals surface area contributed by atoms with Crippen LogP contribution in [0.2, 0.25) is 10.0 Å². The van der Waals surface area contributed by atoms with Gasteiger partial charge in [0.25, 0.3) is 0 Å². The SMILES string of the molecule is CCC(N)(CC)c1nc(-c2cccc(Cl)c2Cl)cs1. The summed E-state index contributed by atoms with van der Waals surface area (Å²) in [6.45, 7) is 4.16. The molecule has 0 spiro atoms. The molecule has 0 unspecified atom stereocenters. The van der Waals surface area contributed by atoms with Gasteiger partial charge >= 0.3 is 0 Å². The smallest absolute Gasteiger partial charge is 0.113 e. The van der Waals surface area contributed by atoms with E-state index in [1.807, 2.05) is 17.5 Å². The molecule has 2 N–H and O–H groups in total. The summed E-state index contributed by atoms with van der Waals surface area (Å²) < 4.78 is 0. The second kappa shape index (κ2) is 5.80. The number of nitrogens with two attached hydrogens (primary N) is 1. The Kier molecular flexibility index (Phi) is 4.51. The van der Waals surface area contributed by atoms with Crippen molar-refractivity contribution in [3.05, 3.63) is 38.6 Å². The summed E-state index contributed by atoms with van der Waals surface area (Å²) in [6, 6.07) is 5.56. The van der Waals surface area contributed by atoms with Gasteiger partial charge in [0, 0.05) is 10.9 Å². The average Bonchev–Trinajstić information content (AvgIpc) is 2.91. The second-order valence-electron chi connectivity index (χ2n) is 4.50. The van der Waals surface area contributed by atoms with E-state index in [0.29, 0.717) is 10.0 Å². The lowest BCUT2D eigenvalue weighted by atomic mass is 9.95. The summed E-state index contributed by atoms with van der Waals surface area (Å²) in [5, 5.41) is 4.01. The number of nitrogens with zero attached hydrogens (tertiary/aromatic N) is 1. The van der Waals surface area contributed by atoms with E-state index >= 15 is 0 Å². The van der Waals surface area contributed by atoms with E-state index in [1.54, 1.807) is 17.4 Å². The second-order valence-corrected chi connectivity index (χ2v) is 6.15. The summed E-state index contributed by atoms with van der Waals surface area (Å²) in [5.41, 5.74) is 7.70. The number of rotatable bonds is 4. The highest BCUT2D eigenvalue weighted by Gasteiger charge is 2.27. The van der Waals surface area contributed by atoms with Gasteiger partial charge in [-0.2, -0.15) is 0 Å².